The molecule has 2 aromatic carbocycles. The van der Waals surface area contributed by atoms with Crippen molar-refractivity contribution in [2.24, 2.45) is 7.05 Å². The minimum Gasteiger partial charge on any atom is -0.408 e. The van der Waals surface area contributed by atoms with Crippen LogP contribution in [0.3, 0.4) is 0 Å². The van der Waals surface area contributed by atoms with Gasteiger partial charge in [-0.05, 0) is 35.9 Å². The third-order valence-corrected chi connectivity index (χ3v) is 4.15. The molecule has 4 aromatic rings. The molecule has 0 spiro atoms. The minimum absolute atomic E-state index is 0.351. The number of rotatable bonds is 3. The number of benzene rings is 2. The first-order chi connectivity index (χ1) is 12.1. The van der Waals surface area contributed by atoms with Crippen molar-refractivity contribution in [3.05, 3.63) is 69.5 Å². The van der Waals surface area contributed by atoms with Gasteiger partial charge in [-0.25, -0.2) is 4.79 Å². The Bertz CT molecular complexity index is 1150. The predicted octanol–water partition coefficient (Wildman–Crippen LogP) is 4.01. The maximum absolute atomic E-state index is 11.6. The molecule has 0 N–H and O–H groups in total. The van der Waals surface area contributed by atoms with Crippen molar-refractivity contribution >= 4 is 34.9 Å². The second-order valence-corrected chi connectivity index (χ2v) is 5.83. The standard InChI is InChI=1S/C18H12ClN3O3/c1-22-14-8-6-12(10-15(14)24-18(22)23)17-20-16(25-21-17)9-7-11-4-2-3-5-13(11)19/h2-10H,1H3. The van der Waals surface area contributed by atoms with Crippen molar-refractivity contribution < 1.29 is 8.94 Å². The Morgan fingerprint density at radius 3 is 2.84 bits per heavy atom. The molecule has 2 aromatic heterocycles. The second kappa shape index (κ2) is 6.07. The Labute approximate surface area is 147 Å². The summed E-state index contributed by atoms with van der Waals surface area (Å²) >= 11 is 6.11. The van der Waals surface area contributed by atoms with E-state index in [0.29, 0.717) is 33.4 Å². The number of nitrogens with zero attached hydrogens (tertiary/aromatic N) is 3. The van der Waals surface area contributed by atoms with Crippen molar-refractivity contribution in [3.63, 3.8) is 0 Å². The van der Waals surface area contributed by atoms with Crippen molar-refractivity contribution in [2.75, 3.05) is 0 Å². The van der Waals surface area contributed by atoms with Gasteiger partial charge in [-0.1, -0.05) is 35.0 Å². The van der Waals surface area contributed by atoms with Crippen LogP contribution in [0.4, 0.5) is 0 Å². The molecule has 0 bridgehead atoms. The molecular formula is C18H12ClN3O3. The molecule has 0 unspecified atom stereocenters. The molecule has 0 aliphatic heterocycles. The zero-order valence-corrected chi connectivity index (χ0v) is 13.9. The predicted molar refractivity (Wildman–Crippen MR) is 95.1 cm³/mol. The lowest BCUT2D eigenvalue weighted by molar-refractivity contribution is 0.411. The first-order valence-corrected chi connectivity index (χ1v) is 7.86. The quantitative estimate of drug-likeness (QED) is 0.556. The summed E-state index contributed by atoms with van der Waals surface area (Å²) in [5.74, 6) is 0.348. The van der Waals surface area contributed by atoms with E-state index < -0.39 is 5.76 Å². The topological polar surface area (TPSA) is 74.1 Å². The van der Waals surface area contributed by atoms with E-state index in [0.717, 1.165) is 5.56 Å². The zero-order chi connectivity index (χ0) is 17.4. The highest BCUT2D eigenvalue weighted by molar-refractivity contribution is 6.32. The number of fused-ring (bicyclic) bond motifs is 1. The van der Waals surface area contributed by atoms with Crippen LogP contribution in [0.2, 0.25) is 5.02 Å². The van der Waals surface area contributed by atoms with Crippen LogP contribution in [0.5, 0.6) is 0 Å². The Balaban J connectivity index is 1.65. The van der Waals surface area contributed by atoms with Crippen molar-refractivity contribution in [3.8, 4) is 11.4 Å². The van der Waals surface area contributed by atoms with Gasteiger partial charge in [0, 0.05) is 23.7 Å². The van der Waals surface area contributed by atoms with Crippen molar-refractivity contribution in [1.29, 1.82) is 0 Å². The van der Waals surface area contributed by atoms with Crippen LogP contribution in [0.1, 0.15) is 11.5 Å². The fourth-order valence-electron chi connectivity index (χ4n) is 2.46. The minimum atomic E-state index is -0.413. The Morgan fingerprint density at radius 2 is 2.00 bits per heavy atom. The molecule has 0 radical (unpaired) electrons. The molecule has 0 fully saturated rings. The van der Waals surface area contributed by atoms with Crippen molar-refractivity contribution in [2.45, 2.75) is 0 Å². The Morgan fingerprint density at radius 1 is 1.16 bits per heavy atom. The van der Waals surface area contributed by atoms with E-state index >= 15 is 0 Å². The van der Waals surface area contributed by atoms with Crippen molar-refractivity contribution in [1.82, 2.24) is 14.7 Å². The lowest BCUT2D eigenvalue weighted by atomic mass is 10.2. The number of aromatic nitrogens is 3. The van der Waals surface area contributed by atoms with Crippen LogP contribution in [-0.4, -0.2) is 14.7 Å². The smallest absolute Gasteiger partial charge is 0.408 e. The van der Waals surface area contributed by atoms with E-state index in [2.05, 4.69) is 10.1 Å². The number of hydrogen-bond acceptors (Lipinski definition) is 5. The lowest BCUT2D eigenvalue weighted by Gasteiger charge is -1.95. The number of hydrogen-bond donors (Lipinski definition) is 0. The van der Waals surface area contributed by atoms with E-state index in [4.69, 9.17) is 20.5 Å². The largest absolute Gasteiger partial charge is 0.419 e. The van der Waals surface area contributed by atoms with Gasteiger partial charge in [0.1, 0.15) is 0 Å². The number of aryl methyl sites for hydroxylation is 1. The molecule has 0 aliphatic carbocycles. The molecule has 0 amide bonds. The SMILES string of the molecule is Cn1c(=O)oc2cc(-c3noc(C=Cc4ccccc4Cl)n3)ccc21. The molecular weight excluding hydrogens is 342 g/mol. The molecule has 0 saturated heterocycles. The summed E-state index contributed by atoms with van der Waals surface area (Å²) < 4.78 is 11.8. The van der Waals surface area contributed by atoms with Crippen LogP contribution in [0.25, 0.3) is 34.6 Å². The number of halogens is 1. The molecule has 0 atom stereocenters. The maximum atomic E-state index is 11.6. The van der Waals surface area contributed by atoms with Gasteiger partial charge < -0.3 is 8.94 Å². The van der Waals surface area contributed by atoms with E-state index in [1.54, 1.807) is 31.3 Å². The molecule has 124 valence electrons. The zero-order valence-electron chi connectivity index (χ0n) is 13.1. The van der Waals surface area contributed by atoms with Crippen LogP contribution < -0.4 is 5.76 Å². The van der Waals surface area contributed by atoms with Gasteiger partial charge in [0.25, 0.3) is 5.89 Å². The van der Waals surface area contributed by atoms with Crippen LogP contribution in [0.15, 0.2) is 56.2 Å². The third kappa shape index (κ3) is 2.88. The van der Waals surface area contributed by atoms with Gasteiger partial charge in [-0.2, -0.15) is 4.98 Å². The third-order valence-electron chi connectivity index (χ3n) is 3.80. The second-order valence-electron chi connectivity index (χ2n) is 5.42. The monoisotopic (exact) mass is 353 g/mol. The summed E-state index contributed by atoms with van der Waals surface area (Å²) in [5.41, 5.74) is 2.73. The fraction of sp³-hybridized carbons (Fsp3) is 0.0556. The average molecular weight is 354 g/mol. The molecule has 2 heterocycles. The highest BCUT2D eigenvalue weighted by atomic mass is 35.5. The normalized spacial score (nSPS) is 11.6. The average Bonchev–Trinajstić information content (AvgIpc) is 3.19. The summed E-state index contributed by atoms with van der Waals surface area (Å²) in [6.45, 7) is 0. The molecule has 0 saturated carbocycles. The summed E-state index contributed by atoms with van der Waals surface area (Å²) in [7, 11) is 1.65. The van der Waals surface area contributed by atoms with Gasteiger partial charge in [-0.15, -0.1) is 0 Å². The van der Waals surface area contributed by atoms with Gasteiger partial charge >= 0.3 is 5.76 Å². The summed E-state index contributed by atoms with van der Waals surface area (Å²) in [5, 5.41) is 4.60. The van der Waals surface area contributed by atoms with Gasteiger partial charge in [0.05, 0.1) is 5.52 Å². The van der Waals surface area contributed by atoms with E-state index in [1.165, 1.54) is 4.57 Å². The van der Waals surface area contributed by atoms with Gasteiger partial charge in [0.2, 0.25) is 5.82 Å². The molecule has 0 aliphatic rings. The Hall–Kier alpha value is -3.12. The van der Waals surface area contributed by atoms with E-state index in [1.807, 2.05) is 30.3 Å². The highest BCUT2D eigenvalue weighted by Crippen LogP contribution is 2.22. The molecule has 4 rings (SSSR count). The molecule has 6 nitrogen and oxygen atoms in total. The van der Waals surface area contributed by atoms with E-state index in [-0.39, 0.29) is 0 Å². The van der Waals surface area contributed by atoms with Gasteiger partial charge in [-0.3, -0.25) is 4.57 Å². The van der Waals surface area contributed by atoms with Crippen LogP contribution in [0, 0.1) is 0 Å². The molecule has 7 heteroatoms. The lowest BCUT2D eigenvalue weighted by Crippen LogP contribution is -2.08. The summed E-state index contributed by atoms with van der Waals surface area (Å²) in [6, 6.07) is 12.8. The molecule has 25 heavy (non-hydrogen) atoms. The number of oxazole rings is 1. The summed E-state index contributed by atoms with van der Waals surface area (Å²) in [4.78, 5) is 15.9. The van der Waals surface area contributed by atoms with E-state index in [9.17, 15) is 4.79 Å². The first-order valence-electron chi connectivity index (χ1n) is 7.48. The first kappa shape index (κ1) is 15.4. The summed E-state index contributed by atoms with van der Waals surface area (Å²) in [6.07, 6.45) is 3.50. The highest BCUT2D eigenvalue weighted by Gasteiger charge is 2.11. The van der Waals surface area contributed by atoms with Crippen LogP contribution in [-0.2, 0) is 7.05 Å². The van der Waals surface area contributed by atoms with Crippen LogP contribution >= 0.6 is 11.6 Å². The maximum Gasteiger partial charge on any atom is 0.419 e. The fourth-order valence-corrected chi connectivity index (χ4v) is 2.66. The van der Waals surface area contributed by atoms with Gasteiger partial charge in [0.15, 0.2) is 5.58 Å². The Kier molecular flexibility index (Phi) is 3.74.